The van der Waals surface area contributed by atoms with Crippen LogP contribution in [0.1, 0.15) is 18.1 Å². The van der Waals surface area contributed by atoms with E-state index in [-0.39, 0.29) is 12.5 Å². The molecule has 0 spiro atoms. The molecule has 0 radical (unpaired) electrons. The third-order valence-corrected chi connectivity index (χ3v) is 3.20. The molecule has 0 aliphatic carbocycles. The molecule has 0 fully saturated rings. The number of carbonyl (C=O) groups is 1. The summed E-state index contributed by atoms with van der Waals surface area (Å²) in [6.07, 6.45) is 0.988. The van der Waals surface area contributed by atoms with Crippen LogP contribution in [0.15, 0.2) is 24.3 Å². The van der Waals surface area contributed by atoms with Crippen LogP contribution in [0, 0.1) is 0 Å². The van der Waals surface area contributed by atoms with Gasteiger partial charge in [-0.2, -0.15) is 0 Å². The molecule has 1 aromatic rings. The SMILES string of the molecule is CCc1ccc(CN(CCOC)C(=O)[C@H](N)CO)cc1. The zero-order chi connectivity index (χ0) is 15.0. The molecule has 1 aromatic carbocycles. The molecule has 1 rings (SSSR count). The Bertz CT molecular complexity index is 406. The van der Waals surface area contributed by atoms with Gasteiger partial charge in [0.15, 0.2) is 0 Å². The maximum absolute atomic E-state index is 12.1. The van der Waals surface area contributed by atoms with Gasteiger partial charge < -0.3 is 20.5 Å². The predicted octanol–water partition coefficient (Wildman–Crippen LogP) is 0.544. The van der Waals surface area contributed by atoms with Gasteiger partial charge in [0.1, 0.15) is 6.04 Å². The number of aliphatic hydroxyl groups excluding tert-OH is 1. The molecule has 0 saturated carbocycles. The van der Waals surface area contributed by atoms with Gasteiger partial charge in [-0.25, -0.2) is 0 Å². The number of rotatable bonds is 8. The van der Waals surface area contributed by atoms with E-state index in [9.17, 15) is 4.79 Å². The first-order valence-electron chi connectivity index (χ1n) is 6.84. The van der Waals surface area contributed by atoms with Crippen molar-refractivity contribution in [2.24, 2.45) is 5.73 Å². The first-order valence-corrected chi connectivity index (χ1v) is 6.84. The summed E-state index contributed by atoms with van der Waals surface area (Å²) in [4.78, 5) is 13.7. The van der Waals surface area contributed by atoms with Crippen LogP contribution in [0.5, 0.6) is 0 Å². The van der Waals surface area contributed by atoms with E-state index in [1.54, 1.807) is 12.0 Å². The third kappa shape index (κ3) is 4.92. The smallest absolute Gasteiger partial charge is 0.242 e. The predicted molar refractivity (Wildman–Crippen MR) is 78.2 cm³/mol. The molecule has 1 atom stereocenters. The van der Waals surface area contributed by atoms with E-state index >= 15 is 0 Å². The maximum Gasteiger partial charge on any atom is 0.242 e. The van der Waals surface area contributed by atoms with Crippen molar-refractivity contribution in [1.82, 2.24) is 4.90 Å². The number of hydrogen-bond acceptors (Lipinski definition) is 4. The van der Waals surface area contributed by atoms with Gasteiger partial charge in [-0.1, -0.05) is 31.2 Å². The topological polar surface area (TPSA) is 75.8 Å². The van der Waals surface area contributed by atoms with Gasteiger partial charge >= 0.3 is 0 Å². The number of amides is 1. The quantitative estimate of drug-likeness (QED) is 0.729. The van der Waals surface area contributed by atoms with E-state index in [0.29, 0.717) is 19.7 Å². The summed E-state index contributed by atoms with van der Waals surface area (Å²) in [6, 6.07) is 7.26. The molecule has 5 nitrogen and oxygen atoms in total. The highest BCUT2D eigenvalue weighted by Gasteiger charge is 2.20. The van der Waals surface area contributed by atoms with Crippen LogP contribution < -0.4 is 5.73 Å². The Labute approximate surface area is 120 Å². The largest absolute Gasteiger partial charge is 0.394 e. The molecular formula is C15H24N2O3. The minimum absolute atomic E-state index is 0.260. The fourth-order valence-electron chi connectivity index (χ4n) is 1.88. The number of aliphatic hydroxyl groups is 1. The average Bonchev–Trinajstić information content (AvgIpc) is 2.50. The lowest BCUT2D eigenvalue weighted by atomic mass is 10.1. The zero-order valence-electron chi connectivity index (χ0n) is 12.2. The standard InChI is InChI=1S/C15H24N2O3/c1-3-12-4-6-13(7-5-12)10-17(8-9-20-2)15(19)14(16)11-18/h4-7,14,18H,3,8-11,16H2,1-2H3/t14-/m1/s1. The average molecular weight is 280 g/mol. The molecule has 0 heterocycles. The number of hydrogen-bond donors (Lipinski definition) is 2. The maximum atomic E-state index is 12.1. The Kier molecular flexibility index (Phi) is 7.22. The van der Waals surface area contributed by atoms with E-state index < -0.39 is 6.04 Å². The number of aryl methyl sites for hydroxylation is 1. The Morgan fingerprint density at radius 2 is 1.95 bits per heavy atom. The van der Waals surface area contributed by atoms with Crippen molar-refractivity contribution in [3.63, 3.8) is 0 Å². The number of methoxy groups -OCH3 is 1. The molecule has 112 valence electrons. The summed E-state index contributed by atoms with van der Waals surface area (Å²) in [5.41, 5.74) is 7.90. The van der Waals surface area contributed by atoms with Gasteiger partial charge in [0.05, 0.1) is 13.2 Å². The Hall–Kier alpha value is -1.43. The Morgan fingerprint density at radius 1 is 1.35 bits per heavy atom. The fourth-order valence-corrected chi connectivity index (χ4v) is 1.88. The zero-order valence-corrected chi connectivity index (χ0v) is 12.2. The normalized spacial score (nSPS) is 12.2. The first-order chi connectivity index (χ1) is 9.62. The van der Waals surface area contributed by atoms with Gasteiger partial charge in [-0.05, 0) is 17.5 Å². The Morgan fingerprint density at radius 3 is 2.45 bits per heavy atom. The number of ether oxygens (including phenoxy) is 1. The second-order valence-electron chi connectivity index (χ2n) is 4.71. The summed E-state index contributed by atoms with van der Waals surface area (Å²) < 4.78 is 5.01. The fraction of sp³-hybridized carbons (Fsp3) is 0.533. The van der Waals surface area contributed by atoms with Gasteiger partial charge in [-0.3, -0.25) is 4.79 Å². The monoisotopic (exact) mass is 280 g/mol. The van der Waals surface area contributed by atoms with Crippen molar-refractivity contribution < 1.29 is 14.6 Å². The minimum Gasteiger partial charge on any atom is -0.394 e. The van der Waals surface area contributed by atoms with Crippen LogP contribution in [-0.4, -0.2) is 48.8 Å². The van der Waals surface area contributed by atoms with Gasteiger partial charge in [0.2, 0.25) is 5.91 Å². The van der Waals surface area contributed by atoms with Crippen molar-refractivity contribution in [2.75, 3.05) is 26.9 Å². The minimum atomic E-state index is -0.873. The van der Waals surface area contributed by atoms with E-state index in [4.69, 9.17) is 15.6 Å². The van der Waals surface area contributed by atoms with Gasteiger partial charge in [0, 0.05) is 20.2 Å². The molecule has 0 unspecified atom stereocenters. The van der Waals surface area contributed by atoms with Crippen LogP contribution in [0.3, 0.4) is 0 Å². The van der Waals surface area contributed by atoms with Crippen molar-refractivity contribution in [1.29, 1.82) is 0 Å². The molecule has 0 aliphatic heterocycles. The van der Waals surface area contributed by atoms with Crippen molar-refractivity contribution in [2.45, 2.75) is 25.9 Å². The van der Waals surface area contributed by atoms with Crippen molar-refractivity contribution in [3.05, 3.63) is 35.4 Å². The third-order valence-electron chi connectivity index (χ3n) is 3.20. The lowest BCUT2D eigenvalue weighted by molar-refractivity contribution is -0.134. The molecule has 3 N–H and O–H groups in total. The molecule has 0 bridgehead atoms. The summed E-state index contributed by atoms with van der Waals surface area (Å²) in [7, 11) is 1.59. The van der Waals surface area contributed by atoms with E-state index in [2.05, 4.69) is 19.1 Å². The van der Waals surface area contributed by atoms with Crippen LogP contribution in [0.2, 0.25) is 0 Å². The number of nitrogens with zero attached hydrogens (tertiary/aromatic N) is 1. The summed E-state index contributed by atoms with van der Waals surface area (Å²) >= 11 is 0. The van der Waals surface area contributed by atoms with E-state index in [0.717, 1.165) is 12.0 Å². The van der Waals surface area contributed by atoms with Crippen molar-refractivity contribution >= 4 is 5.91 Å². The van der Waals surface area contributed by atoms with Crippen molar-refractivity contribution in [3.8, 4) is 0 Å². The highest BCUT2D eigenvalue weighted by atomic mass is 16.5. The van der Waals surface area contributed by atoms with E-state index in [1.807, 2.05) is 12.1 Å². The van der Waals surface area contributed by atoms with Crippen LogP contribution in [-0.2, 0) is 22.5 Å². The van der Waals surface area contributed by atoms with E-state index in [1.165, 1.54) is 5.56 Å². The van der Waals surface area contributed by atoms with Crippen LogP contribution in [0.4, 0.5) is 0 Å². The molecule has 0 saturated heterocycles. The lowest BCUT2D eigenvalue weighted by Crippen LogP contribution is -2.46. The molecule has 1 amide bonds. The number of nitrogens with two attached hydrogens (primary N) is 1. The van der Waals surface area contributed by atoms with Gasteiger partial charge in [0.25, 0.3) is 0 Å². The summed E-state index contributed by atoms with van der Waals surface area (Å²) in [6.45, 7) is 3.12. The van der Waals surface area contributed by atoms with Crippen LogP contribution in [0.25, 0.3) is 0 Å². The summed E-state index contributed by atoms with van der Waals surface area (Å²) in [5, 5.41) is 9.01. The summed E-state index contributed by atoms with van der Waals surface area (Å²) in [5.74, 6) is -0.260. The second-order valence-corrected chi connectivity index (χ2v) is 4.71. The highest BCUT2D eigenvalue weighted by molar-refractivity contribution is 5.81. The molecule has 0 aliphatic rings. The first kappa shape index (κ1) is 16.6. The number of benzene rings is 1. The Balaban J connectivity index is 2.74. The highest BCUT2D eigenvalue weighted by Crippen LogP contribution is 2.09. The number of carbonyl (C=O) groups excluding carboxylic acids is 1. The lowest BCUT2D eigenvalue weighted by Gasteiger charge is -2.25. The molecule has 0 aromatic heterocycles. The van der Waals surface area contributed by atoms with Crippen LogP contribution >= 0.6 is 0 Å². The molecule has 5 heteroatoms. The molecular weight excluding hydrogens is 256 g/mol. The second kappa shape index (κ2) is 8.68. The molecule has 20 heavy (non-hydrogen) atoms. The van der Waals surface area contributed by atoms with Gasteiger partial charge in [-0.15, -0.1) is 0 Å².